The number of aromatic nitrogens is 6. The Morgan fingerprint density at radius 2 is 1.48 bits per heavy atom. The molecule has 0 radical (unpaired) electrons. The van der Waals surface area contributed by atoms with Crippen molar-refractivity contribution in [1.29, 1.82) is 0 Å². The zero-order valence-corrected chi connectivity index (χ0v) is 22.8. The van der Waals surface area contributed by atoms with Crippen LogP contribution in [0.5, 0.6) is 6.08 Å². The molecule has 0 bridgehead atoms. The van der Waals surface area contributed by atoms with Gasteiger partial charge in [0.15, 0.2) is 0 Å². The van der Waals surface area contributed by atoms with Crippen molar-refractivity contribution in [3.8, 4) is 40.1 Å². The first kappa shape index (κ1) is 25.7. The summed E-state index contributed by atoms with van der Waals surface area (Å²) < 4.78 is 17.0. The number of pyridine rings is 2. The van der Waals surface area contributed by atoms with Gasteiger partial charge in [0, 0.05) is 33.8 Å². The SMILES string of the molecule is Cc1cc(-c2ccc(-c3nnc(OCc4ccccn4)o3)cc2)cc(CSc2nnc(-c3ccc(Cl)cc3)o2)n1. The van der Waals surface area contributed by atoms with Crippen LogP contribution >= 0.6 is 23.4 Å². The number of thioether (sulfide) groups is 1. The Balaban J connectivity index is 1.11. The van der Waals surface area contributed by atoms with E-state index in [1.54, 1.807) is 18.3 Å². The quantitative estimate of drug-likeness (QED) is 0.168. The van der Waals surface area contributed by atoms with Crippen molar-refractivity contribution in [3.05, 3.63) is 107 Å². The monoisotopic (exact) mass is 568 g/mol. The number of halogens is 1. The van der Waals surface area contributed by atoms with E-state index in [-0.39, 0.29) is 12.7 Å². The summed E-state index contributed by atoms with van der Waals surface area (Å²) in [6, 6.07) is 24.9. The van der Waals surface area contributed by atoms with Crippen LogP contribution in [0.25, 0.3) is 34.0 Å². The Bertz CT molecular complexity index is 1720. The van der Waals surface area contributed by atoms with Crippen molar-refractivity contribution in [3.63, 3.8) is 0 Å². The predicted molar refractivity (Wildman–Crippen MR) is 151 cm³/mol. The fourth-order valence-corrected chi connectivity index (χ4v) is 4.68. The van der Waals surface area contributed by atoms with Crippen molar-refractivity contribution in [2.75, 3.05) is 0 Å². The molecule has 11 heteroatoms. The van der Waals surface area contributed by atoms with Gasteiger partial charge in [0.25, 0.3) is 11.1 Å². The highest BCUT2D eigenvalue weighted by Crippen LogP contribution is 2.29. The molecule has 6 rings (SSSR count). The van der Waals surface area contributed by atoms with E-state index in [1.165, 1.54) is 11.8 Å². The van der Waals surface area contributed by atoms with E-state index < -0.39 is 0 Å². The van der Waals surface area contributed by atoms with E-state index >= 15 is 0 Å². The van der Waals surface area contributed by atoms with E-state index in [9.17, 15) is 0 Å². The summed E-state index contributed by atoms with van der Waals surface area (Å²) >= 11 is 7.40. The van der Waals surface area contributed by atoms with Crippen molar-refractivity contribution in [1.82, 2.24) is 30.4 Å². The number of hydrogen-bond acceptors (Lipinski definition) is 10. The van der Waals surface area contributed by atoms with Crippen molar-refractivity contribution < 1.29 is 13.6 Å². The maximum absolute atomic E-state index is 5.96. The number of nitrogens with zero attached hydrogens (tertiary/aromatic N) is 6. The third-order valence-electron chi connectivity index (χ3n) is 5.79. The molecule has 0 aliphatic rings. The van der Waals surface area contributed by atoms with E-state index in [0.29, 0.717) is 27.8 Å². The molecule has 0 unspecified atom stereocenters. The molecule has 0 spiro atoms. The van der Waals surface area contributed by atoms with E-state index in [1.807, 2.05) is 67.6 Å². The van der Waals surface area contributed by atoms with Gasteiger partial charge in [0.2, 0.25) is 5.89 Å². The van der Waals surface area contributed by atoms with Crippen molar-refractivity contribution in [2.45, 2.75) is 24.5 Å². The topological polar surface area (TPSA) is 113 Å². The van der Waals surface area contributed by atoms with Crippen LogP contribution in [0.4, 0.5) is 0 Å². The van der Waals surface area contributed by atoms with Crippen LogP contribution in [0.15, 0.2) is 99.1 Å². The second-order valence-electron chi connectivity index (χ2n) is 8.72. The Hall–Kier alpha value is -4.54. The second kappa shape index (κ2) is 11.7. The number of rotatable bonds is 9. The lowest BCUT2D eigenvalue weighted by Crippen LogP contribution is -1.97. The molecule has 2 aromatic carbocycles. The van der Waals surface area contributed by atoms with Crippen molar-refractivity contribution >= 4 is 23.4 Å². The molecular weight excluding hydrogens is 548 g/mol. The number of ether oxygens (including phenoxy) is 1. The molecule has 9 nitrogen and oxygen atoms in total. The van der Waals surface area contributed by atoms with Crippen LogP contribution in [-0.4, -0.2) is 30.4 Å². The zero-order chi connectivity index (χ0) is 27.3. The van der Waals surface area contributed by atoms with Crippen molar-refractivity contribution in [2.24, 2.45) is 0 Å². The smallest absolute Gasteiger partial charge is 0.415 e. The fourth-order valence-electron chi connectivity index (χ4n) is 3.90. The Labute approximate surface area is 238 Å². The van der Waals surface area contributed by atoms with Gasteiger partial charge in [-0.3, -0.25) is 9.97 Å². The molecule has 198 valence electrons. The van der Waals surface area contributed by atoms with Gasteiger partial charge in [-0.1, -0.05) is 46.7 Å². The van der Waals surface area contributed by atoms with Gasteiger partial charge in [-0.25, -0.2) is 0 Å². The summed E-state index contributed by atoms with van der Waals surface area (Å²) in [4.78, 5) is 8.90. The summed E-state index contributed by atoms with van der Waals surface area (Å²) in [5.74, 6) is 1.41. The first-order chi connectivity index (χ1) is 19.6. The molecule has 0 atom stereocenters. The molecule has 4 heterocycles. The van der Waals surface area contributed by atoms with Gasteiger partial charge in [0.1, 0.15) is 6.61 Å². The molecule has 0 amide bonds. The molecule has 4 aromatic heterocycles. The minimum Gasteiger partial charge on any atom is -0.443 e. The Morgan fingerprint density at radius 3 is 2.25 bits per heavy atom. The third-order valence-corrected chi connectivity index (χ3v) is 6.89. The first-order valence-electron chi connectivity index (χ1n) is 12.3. The van der Waals surface area contributed by atoms with Crippen LogP contribution in [0.3, 0.4) is 0 Å². The second-order valence-corrected chi connectivity index (χ2v) is 10.1. The number of hydrogen-bond donors (Lipinski definition) is 0. The fraction of sp³-hybridized carbons (Fsp3) is 0.103. The molecule has 6 aromatic rings. The molecule has 40 heavy (non-hydrogen) atoms. The van der Waals surface area contributed by atoms with Gasteiger partial charge in [-0.15, -0.1) is 15.3 Å². The van der Waals surface area contributed by atoms with Gasteiger partial charge < -0.3 is 13.6 Å². The standard InChI is InChI=1S/C29H21ClN6O3S/c1-18-14-22(15-25(32-18)17-40-29-36-34-27(39-29)21-9-11-23(30)12-10-21)19-5-7-20(8-6-19)26-33-35-28(38-26)37-16-24-4-2-3-13-31-24/h2-15H,16-17H2,1H3. The summed E-state index contributed by atoms with van der Waals surface area (Å²) in [6.07, 6.45) is 1.80. The average Bonchev–Trinajstić information content (AvgIpc) is 3.66. The number of aryl methyl sites for hydroxylation is 1. The molecule has 0 aliphatic carbocycles. The molecular formula is C29H21ClN6O3S. The maximum Gasteiger partial charge on any atom is 0.415 e. The molecule has 0 fully saturated rings. The van der Waals surface area contributed by atoms with Crippen LogP contribution in [0.2, 0.25) is 5.02 Å². The highest BCUT2D eigenvalue weighted by molar-refractivity contribution is 7.98. The third kappa shape index (κ3) is 6.19. The predicted octanol–water partition coefficient (Wildman–Crippen LogP) is 7.08. The lowest BCUT2D eigenvalue weighted by Gasteiger charge is -2.07. The van der Waals surface area contributed by atoms with Crippen LogP contribution in [-0.2, 0) is 12.4 Å². The molecule has 0 N–H and O–H groups in total. The van der Waals surface area contributed by atoms with Gasteiger partial charge >= 0.3 is 6.08 Å². The summed E-state index contributed by atoms with van der Waals surface area (Å²) in [6.45, 7) is 2.22. The zero-order valence-electron chi connectivity index (χ0n) is 21.2. The normalized spacial score (nSPS) is 11.1. The summed E-state index contributed by atoms with van der Waals surface area (Å²) in [5.41, 5.74) is 6.28. The molecule has 0 aliphatic heterocycles. The van der Waals surface area contributed by atoms with Gasteiger partial charge in [0.05, 0.1) is 11.4 Å². The van der Waals surface area contributed by atoms with Crippen LogP contribution in [0.1, 0.15) is 17.1 Å². The van der Waals surface area contributed by atoms with Crippen LogP contribution in [0, 0.1) is 6.92 Å². The summed E-state index contributed by atoms with van der Waals surface area (Å²) in [5, 5.41) is 17.5. The largest absolute Gasteiger partial charge is 0.443 e. The van der Waals surface area contributed by atoms with E-state index in [0.717, 1.165) is 39.3 Å². The summed E-state index contributed by atoms with van der Waals surface area (Å²) in [7, 11) is 0. The van der Waals surface area contributed by atoms with Gasteiger partial charge in [-0.05, 0) is 78.7 Å². The maximum atomic E-state index is 5.96. The lowest BCUT2D eigenvalue weighted by atomic mass is 10.0. The highest BCUT2D eigenvalue weighted by atomic mass is 35.5. The van der Waals surface area contributed by atoms with E-state index in [2.05, 4.69) is 36.4 Å². The minimum absolute atomic E-state index is 0.0955. The van der Waals surface area contributed by atoms with Crippen LogP contribution < -0.4 is 4.74 Å². The molecule has 0 saturated heterocycles. The molecule has 0 saturated carbocycles. The minimum atomic E-state index is 0.0955. The van der Waals surface area contributed by atoms with E-state index in [4.69, 9.17) is 25.2 Å². The Kier molecular flexibility index (Phi) is 7.51. The lowest BCUT2D eigenvalue weighted by molar-refractivity contribution is 0.219. The highest BCUT2D eigenvalue weighted by Gasteiger charge is 2.13. The number of benzene rings is 2. The first-order valence-corrected chi connectivity index (χ1v) is 13.6. The van der Waals surface area contributed by atoms with Gasteiger partial charge in [-0.2, -0.15) is 0 Å². The Morgan fingerprint density at radius 1 is 0.750 bits per heavy atom. The average molecular weight is 569 g/mol.